The van der Waals surface area contributed by atoms with Gasteiger partial charge in [0.15, 0.2) is 0 Å². The normalized spacial score (nSPS) is 28.8. The van der Waals surface area contributed by atoms with Crippen molar-refractivity contribution in [2.24, 2.45) is 0 Å². The molecule has 6 N–H and O–H groups in total. The Hall–Kier alpha value is -1.54. The van der Waals surface area contributed by atoms with Crippen molar-refractivity contribution in [1.82, 2.24) is 19.6 Å². The third-order valence-corrected chi connectivity index (χ3v) is 5.72. The average Bonchev–Trinajstić information content (AvgIpc) is 3.25. The van der Waals surface area contributed by atoms with Crippen molar-refractivity contribution in [3.8, 4) is 0 Å². The number of aliphatic hydroxyl groups excluding tert-OH is 2. The molecule has 13 nitrogen and oxygen atoms in total. The monoisotopic (exact) mass is 447 g/mol. The van der Waals surface area contributed by atoms with Gasteiger partial charge in [0.05, 0.1) is 0 Å². The summed E-state index contributed by atoms with van der Waals surface area (Å²) in [7, 11) is -4.37. The van der Waals surface area contributed by atoms with E-state index in [4.69, 9.17) is 28.9 Å². The van der Waals surface area contributed by atoms with Crippen molar-refractivity contribution in [3.63, 3.8) is 0 Å². The van der Waals surface area contributed by atoms with Crippen LogP contribution in [-0.2, 0) is 14.2 Å². The Bertz CT molecular complexity index is 858. The van der Waals surface area contributed by atoms with Crippen LogP contribution in [0.3, 0.4) is 0 Å². The Morgan fingerprint density at radius 2 is 1.93 bits per heavy atom. The molecule has 168 valence electrons. The van der Waals surface area contributed by atoms with Crippen molar-refractivity contribution in [2.45, 2.75) is 43.3 Å². The molecule has 4 atom stereocenters. The van der Waals surface area contributed by atoms with Crippen molar-refractivity contribution in [1.29, 1.82) is 0 Å². The maximum atomic E-state index is 10.5. The van der Waals surface area contributed by atoms with Crippen molar-refractivity contribution in [2.75, 3.05) is 31.5 Å². The van der Waals surface area contributed by atoms with Crippen LogP contribution in [0.4, 0.5) is 5.82 Å². The van der Waals surface area contributed by atoms with Gasteiger partial charge in [-0.1, -0.05) is 0 Å². The fourth-order valence-corrected chi connectivity index (χ4v) is 4.00. The number of nitrogens with zero attached hydrogens (tertiary/aromatic N) is 4. The van der Waals surface area contributed by atoms with Crippen LogP contribution in [0.2, 0.25) is 0 Å². The van der Waals surface area contributed by atoms with Gasteiger partial charge in [-0.05, 0) is 12.8 Å². The number of nitrogens with one attached hydrogen (secondary N) is 1. The Morgan fingerprint density at radius 1 is 1.17 bits per heavy atom. The third kappa shape index (κ3) is 4.69. The zero-order chi connectivity index (χ0) is 21.3. The van der Waals surface area contributed by atoms with Gasteiger partial charge in [-0.15, -0.1) is 0 Å². The molecule has 4 heterocycles. The van der Waals surface area contributed by atoms with E-state index in [2.05, 4.69) is 20.4 Å². The zero-order valence-electron chi connectivity index (χ0n) is 16.0. The standard InChI is InChI=1S/C16H26N5O8P/c22-12-11(6-28-8-30(24,25)26)29-14(13(12)23)10-5-17-16-15(18-7-19-21(10)16)20-9-1-3-27-4-2-9/h5,7,9,11-14,22-26,30H,1-4,6,8H2,(H,18,19,20)/t11-,12-,13-,14?/m1/s1. The van der Waals surface area contributed by atoms with Crippen LogP contribution in [0.5, 0.6) is 0 Å². The summed E-state index contributed by atoms with van der Waals surface area (Å²) in [6.07, 6.45) is -0.535. The molecule has 14 heteroatoms. The number of ether oxygens (including phenoxy) is 3. The number of rotatable bonds is 7. The maximum absolute atomic E-state index is 10.5. The number of hydrogen-bond donors (Lipinski definition) is 6. The third-order valence-electron chi connectivity index (χ3n) is 5.12. The molecule has 0 aliphatic carbocycles. The minimum absolute atomic E-state index is 0.203. The Labute approximate surface area is 171 Å². The molecule has 0 bridgehead atoms. The molecule has 0 spiro atoms. The number of fused-ring (bicyclic) bond motifs is 1. The van der Waals surface area contributed by atoms with E-state index in [1.54, 1.807) is 0 Å². The van der Waals surface area contributed by atoms with Gasteiger partial charge < -0.3 is 4.74 Å². The van der Waals surface area contributed by atoms with Crippen LogP contribution in [0.25, 0.3) is 5.65 Å². The van der Waals surface area contributed by atoms with Crippen LogP contribution in [-0.4, -0.2) is 95.0 Å². The van der Waals surface area contributed by atoms with Gasteiger partial charge in [0.2, 0.25) is 0 Å². The molecule has 2 aliphatic heterocycles. The molecule has 2 aliphatic rings. The van der Waals surface area contributed by atoms with Crippen LogP contribution in [0, 0.1) is 0 Å². The predicted octanol–water partition coefficient (Wildman–Crippen LogP) is -1.68. The van der Waals surface area contributed by atoms with Gasteiger partial charge in [-0.2, -0.15) is 0 Å². The minimum atomic E-state index is -4.37. The van der Waals surface area contributed by atoms with Crippen LogP contribution in [0.15, 0.2) is 12.5 Å². The van der Waals surface area contributed by atoms with Gasteiger partial charge in [-0.3, -0.25) is 0 Å². The summed E-state index contributed by atoms with van der Waals surface area (Å²) in [5.74, 6) is 0.547. The van der Waals surface area contributed by atoms with Crippen molar-refractivity contribution in [3.05, 3.63) is 18.2 Å². The molecule has 2 aromatic heterocycles. The van der Waals surface area contributed by atoms with E-state index in [0.717, 1.165) is 12.8 Å². The van der Waals surface area contributed by atoms with E-state index in [9.17, 15) is 10.2 Å². The molecule has 30 heavy (non-hydrogen) atoms. The number of hydrogen-bond acceptors (Lipinski definition) is 12. The fraction of sp³-hybridized carbons (Fsp3) is 0.688. The van der Waals surface area contributed by atoms with E-state index in [-0.39, 0.29) is 12.6 Å². The Kier molecular flexibility index (Phi) is 6.44. The van der Waals surface area contributed by atoms with Crippen LogP contribution < -0.4 is 5.32 Å². The SMILES string of the molecule is O[C@@H]1[C@@H](COC[PH](O)(O)O)OC(c2cnc3c(NC4CCOCC4)ncnn23)[C@@H]1O. The second kappa shape index (κ2) is 8.91. The summed E-state index contributed by atoms with van der Waals surface area (Å²) < 4.78 is 17.6. The molecule has 0 radical (unpaired) electrons. The Morgan fingerprint density at radius 3 is 2.67 bits per heavy atom. The van der Waals surface area contributed by atoms with Gasteiger partial charge in [0, 0.05) is 13.2 Å². The molecule has 4 rings (SSSR count). The van der Waals surface area contributed by atoms with E-state index in [0.29, 0.717) is 30.4 Å². The van der Waals surface area contributed by atoms with Crippen LogP contribution >= 0.6 is 7.94 Å². The van der Waals surface area contributed by atoms with E-state index >= 15 is 0 Å². The first-order valence-electron chi connectivity index (χ1n) is 9.63. The van der Waals surface area contributed by atoms with Crippen molar-refractivity contribution >= 4 is 19.4 Å². The van der Waals surface area contributed by atoms with Crippen molar-refractivity contribution < 1.29 is 39.1 Å². The molecule has 2 saturated heterocycles. The first-order chi connectivity index (χ1) is 14.3. The summed E-state index contributed by atoms with van der Waals surface area (Å²) >= 11 is 0. The zero-order valence-corrected chi connectivity index (χ0v) is 17.0. The summed E-state index contributed by atoms with van der Waals surface area (Å²) in [4.78, 5) is 35.6. The molecule has 1 unspecified atom stereocenters. The molecule has 2 fully saturated rings. The van der Waals surface area contributed by atoms with Gasteiger partial charge in [0.1, 0.15) is 0 Å². The quantitative estimate of drug-likeness (QED) is 0.266. The number of aliphatic hydroxyl groups is 2. The van der Waals surface area contributed by atoms with E-state index < -0.39 is 38.7 Å². The molecule has 2 aromatic rings. The molecular formula is C16H26N5O8P. The second-order valence-electron chi connectivity index (χ2n) is 7.42. The van der Waals surface area contributed by atoms with Gasteiger partial charge >= 0.3 is 140 Å². The molecule has 0 aromatic carbocycles. The number of anilines is 1. The first-order valence-corrected chi connectivity index (χ1v) is 11.7. The van der Waals surface area contributed by atoms with E-state index in [1.807, 2.05) is 0 Å². The fourth-order valence-electron chi connectivity index (χ4n) is 3.61. The van der Waals surface area contributed by atoms with Gasteiger partial charge in [-0.25, -0.2) is 0 Å². The Balaban J connectivity index is 1.49. The summed E-state index contributed by atoms with van der Waals surface area (Å²) in [5.41, 5.74) is 0.882. The first kappa shape index (κ1) is 21.7. The predicted molar refractivity (Wildman–Crippen MR) is 104 cm³/mol. The van der Waals surface area contributed by atoms with Crippen LogP contribution in [0.1, 0.15) is 24.6 Å². The average molecular weight is 447 g/mol. The number of imidazole rings is 1. The molecular weight excluding hydrogens is 421 g/mol. The molecule has 0 saturated carbocycles. The molecule has 0 amide bonds. The second-order valence-corrected chi connectivity index (χ2v) is 9.26. The summed E-state index contributed by atoms with van der Waals surface area (Å²) in [6, 6.07) is 0.203. The topological polar surface area (TPSA) is 184 Å². The summed E-state index contributed by atoms with van der Waals surface area (Å²) in [5, 5.41) is 28.3. The van der Waals surface area contributed by atoms with Gasteiger partial charge in [0.25, 0.3) is 0 Å². The number of aromatic nitrogens is 4. The summed E-state index contributed by atoms with van der Waals surface area (Å²) in [6.45, 7) is 1.11. The van der Waals surface area contributed by atoms with E-state index in [1.165, 1.54) is 17.0 Å².